The first-order chi connectivity index (χ1) is 13.1. The Morgan fingerprint density at radius 2 is 2.00 bits per heavy atom. The molecule has 0 N–H and O–H groups in total. The molecule has 0 radical (unpaired) electrons. The van der Waals surface area contributed by atoms with Gasteiger partial charge in [0.1, 0.15) is 0 Å². The SMILES string of the molecule is Cc1nnc(CN2CCC[C@]3(CCC(=O)N(CCc4ccccc4)C3)C2)o1. The van der Waals surface area contributed by atoms with Crippen molar-refractivity contribution in [2.24, 2.45) is 5.41 Å². The quantitative estimate of drug-likeness (QED) is 0.812. The highest BCUT2D eigenvalue weighted by molar-refractivity contribution is 5.77. The van der Waals surface area contributed by atoms with Gasteiger partial charge in [-0.1, -0.05) is 30.3 Å². The number of benzene rings is 1. The van der Waals surface area contributed by atoms with E-state index in [1.807, 2.05) is 13.0 Å². The Labute approximate surface area is 160 Å². The molecule has 0 aliphatic carbocycles. The van der Waals surface area contributed by atoms with Gasteiger partial charge in [-0.3, -0.25) is 9.69 Å². The predicted molar refractivity (Wildman–Crippen MR) is 102 cm³/mol. The van der Waals surface area contributed by atoms with Crippen molar-refractivity contribution in [3.8, 4) is 0 Å². The number of nitrogens with zero attached hydrogens (tertiary/aromatic N) is 4. The number of aryl methyl sites for hydroxylation is 1. The highest BCUT2D eigenvalue weighted by atomic mass is 16.4. The van der Waals surface area contributed by atoms with Crippen molar-refractivity contribution in [1.82, 2.24) is 20.0 Å². The van der Waals surface area contributed by atoms with Gasteiger partial charge in [0.15, 0.2) is 0 Å². The fourth-order valence-electron chi connectivity index (χ4n) is 4.59. The highest BCUT2D eigenvalue weighted by Crippen LogP contribution is 2.39. The normalized spacial score (nSPS) is 23.9. The Kier molecular flexibility index (Phi) is 5.25. The molecule has 3 heterocycles. The molecule has 2 aliphatic heterocycles. The van der Waals surface area contributed by atoms with Gasteiger partial charge in [-0.2, -0.15) is 0 Å². The summed E-state index contributed by atoms with van der Waals surface area (Å²) in [6.45, 7) is 6.28. The molecule has 6 nitrogen and oxygen atoms in total. The second kappa shape index (κ2) is 7.80. The summed E-state index contributed by atoms with van der Waals surface area (Å²) in [5.41, 5.74) is 1.50. The van der Waals surface area contributed by atoms with Crippen LogP contribution in [-0.2, 0) is 17.8 Å². The van der Waals surface area contributed by atoms with E-state index in [0.717, 1.165) is 45.4 Å². The van der Waals surface area contributed by atoms with E-state index in [1.54, 1.807) is 0 Å². The monoisotopic (exact) mass is 368 g/mol. The molecule has 1 spiro atoms. The van der Waals surface area contributed by atoms with Crippen LogP contribution in [0.1, 0.15) is 43.0 Å². The topological polar surface area (TPSA) is 62.5 Å². The van der Waals surface area contributed by atoms with Crippen molar-refractivity contribution in [3.05, 3.63) is 47.7 Å². The maximum atomic E-state index is 12.5. The molecule has 1 aromatic heterocycles. The van der Waals surface area contributed by atoms with Crippen molar-refractivity contribution in [2.45, 2.75) is 45.6 Å². The highest BCUT2D eigenvalue weighted by Gasteiger charge is 2.41. The van der Waals surface area contributed by atoms with Crippen LogP contribution in [0.4, 0.5) is 0 Å². The second-order valence-electron chi connectivity index (χ2n) is 8.08. The lowest BCUT2D eigenvalue weighted by Crippen LogP contribution is -2.54. The van der Waals surface area contributed by atoms with Gasteiger partial charge in [0.2, 0.25) is 17.7 Å². The number of likely N-dealkylation sites (tertiary alicyclic amines) is 2. The van der Waals surface area contributed by atoms with Crippen LogP contribution in [0.2, 0.25) is 0 Å². The van der Waals surface area contributed by atoms with Crippen LogP contribution in [0, 0.1) is 12.3 Å². The van der Waals surface area contributed by atoms with Crippen molar-refractivity contribution in [3.63, 3.8) is 0 Å². The molecule has 0 bridgehead atoms. The standard InChI is InChI=1S/C21H28N4O2/c1-17-22-23-19(27-17)14-24-12-5-10-21(15-24)11-8-20(26)25(16-21)13-9-18-6-3-2-4-7-18/h2-4,6-7H,5,8-16H2,1H3/t21-/m0/s1. The first kappa shape index (κ1) is 18.2. The molecule has 144 valence electrons. The van der Waals surface area contributed by atoms with Crippen LogP contribution in [0.5, 0.6) is 0 Å². The van der Waals surface area contributed by atoms with Crippen LogP contribution in [0.3, 0.4) is 0 Å². The minimum absolute atomic E-state index is 0.206. The third-order valence-electron chi connectivity index (χ3n) is 5.93. The first-order valence-electron chi connectivity index (χ1n) is 9.95. The molecule has 6 heteroatoms. The predicted octanol–water partition coefficient (Wildman–Crippen LogP) is 2.83. The molecule has 2 fully saturated rings. The molecule has 0 unspecified atom stereocenters. The molecule has 2 saturated heterocycles. The molecule has 1 amide bonds. The van der Waals surface area contributed by atoms with E-state index in [-0.39, 0.29) is 5.41 Å². The Morgan fingerprint density at radius 1 is 1.15 bits per heavy atom. The summed E-state index contributed by atoms with van der Waals surface area (Å²) in [6, 6.07) is 10.4. The summed E-state index contributed by atoms with van der Waals surface area (Å²) in [5.74, 6) is 1.62. The molecule has 2 aromatic rings. The summed E-state index contributed by atoms with van der Waals surface area (Å²) in [6.07, 6.45) is 4.94. The smallest absolute Gasteiger partial charge is 0.230 e. The van der Waals surface area contributed by atoms with Gasteiger partial charge in [0.25, 0.3) is 0 Å². The van der Waals surface area contributed by atoms with Gasteiger partial charge < -0.3 is 9.32 Å². The number of aromatic nitrogens is 2. The molecule has 4 rings (SSSR count). The third-order valence-corrected chi connectivity index (χ3v) is 5.93. The minimum Gasteiger partial charge on any atom is -0.424 e. The third kappa shape index (κ3) is 4.38. The van der Waals surface area contributed by atoms with Crippen LogP contribution >= 0.6 is 0 Å². The number of amides is 1. The van der Waals surface area contributed by atoms with Gasteiger partial charge in [-0.05, 0) is 37.8 Å². The molecular formula is C21H28N4O2. The van der Waals surface area contributed by atoms with Gasteiger partial charge in [0, 0.05) is 38.4 Å². The molecule has 0 saturated carbocycles. The maximum Gasteiger partial charge on any atom is 0.230 e. The average molecular weight is 368 g/mol. The van der Waals surface area contributed by atoms with Gasteiger partial charge in [-0.25, -0.2) is 0 Å². The minimum atomic E-state index is 0.206. The van der Waals surface area contributed by atoms with Gasteiger partial charge >= 0.3 is 0 Å². The first-order valence-corrected chi connectivity index (χ1v) is 9.95. The van der Waals surface area contributed by atoms with Crippen molar-refractivity contribution in [2.75, 3.05) is 26.2 Å². The maximum absolute atomic E-state index is 12.5. The van der Waals surface area contributed by atoms with Crippen LogP contribution < -0.4 is 0 Å². The zero-order valence-corrected chi connectivity index (χ0v) is 16.1. The Bertz CT molecular complexity index is 775. The molecule has 2 aliphatic rings. The van der Waals surface area contributed by atoms with Crippen LogP contribution in [0.25, 0.3) is 0 Å². The fraction of sp³-hybridized carbons (Fsp3) is 0.571. The molecule has 1 aromatic carbocycles. The number of hydrogen-bond acceptors (Lipinski definition) is 5. The van der Waals surface area contributed by atoms with Crippen molar-refractivity contribution in [1.29, 1.82) is 0 Å². The Hall–Kier alpha value is -2.21. The van der Waals surface area contributed by atoms with E-state index < -0.39 is 0 Å². The summed E-state index contributed by atoms with van der Waals surface area (Å²) in [4.78, 5) is 17.0. The summed E-state index contributed by atoms with van der Waals surface area (Å²) in [7, 11) is 0. The summed E-state index contributed by atoms with van der Waals surface area (Å²) >= 11 is 0. The number of carbonyl (C=O) groups excluding carboxylic acids is 1. The zero-order valence-electron chi connectivity index (χ0n) is 16.1. The number of hydrogen-bond donors (Lipinski definition) is 0. The lowest BCUT2D eigenvalue weighted by Gasteiger charge is -2.48. The fourth-order valence-corrected chi connectivity index (χ4v) is 4.59. The number of piperidine rings is 2. The number of carbonyl (C=O) groups is 1. The van der Waals surface area contributed by atoms with E-state index in [1.165, 1.54) is 12.0 Å². The van der Waals surface area contributed by atoms with Crippen molar-refractivity contribution >= 4 is 5.91 Å². The summed E-state index contributed by atoms with van der Waals surface area (Å²) in [5, 5.41) is 8.08. The molecule has 27 heavy (non-hydrogen) atoms. The van der Waals surface area contributed by atoms with E-state index >= 15 is 0 Å². The lowest BCUT2D eigenvalue weighted by atomic mass is 9.73. The molecule has 1 atom stereocenters. The number of rotatable bonds is 5. The van der Waals surface area contributed by atoms with Crippen LogP contribution in [0.15, 0.2) is 34.7 Å². The van der Waals surface area contributed by atoms with Crippen molar-refractivity contribution < 1.29 is 9.21 Å². The van der Waals surface area contributed by atoms with Crippen LogP contribution in [-0.4, -0.2) is 52.1 Å². The van der Waals surface area contributed by atoms with Gasteiger partial charge in [-0.15, -0.1) is 10.2 Å². The summed E-state index contributed by atoms with van der Waals surface area (Å²) < 4.78 is 5.56. The Morgan fingerprint density at radius 3 is 2.78 bits per heavy atom. The second-order valence-corrected chi connectivity index (χ2v) is 8.08. The zero-order chi connectivity index (χ0) is 18.7. The van der Waals surface area contributed by atoms with E-state index in [2.05, 4.69) is 44.3 Å². The average Bonchev–Trinajstić information content (AvgIpc) is 3.08. The van der Waals surface area contributed by atoms with E-state index in [9.17, 15) is 4.79 Å². The van der Waals surface area contributed by atoms with E-state index in [0.29, 0.717) is 30.7 Å². The van der Waals surface area contributed by atoms with Gasteiger partial charge in [0.05, 0.1) is 6.54 Å². The Balaban J connectivity index is 1.38. The lowest BCUT2D eigenvalue weighted by molar-refractivity contribution is -0.139. The largest absolute Gasteiger partial charge is 0.424 e. The molecular weight excluding hydrogens is 340 g/mol. The van der Waals surface area contributed by atoms with E-state index in [4.69, 9.17) is 4.42 Å².